The molecule has 5 rings (SSSR count). The van der Waals surface area contributed by atoms with Gasteiger partial charge in [0.2, 0.25) is 11.8 Å². The summed E-state index contributed by atoms with van der Waals surface area (Å²) in [5, 5.41) is 11.3. The molecule has 0 aliphatic carbocycles. The van der Waals surface area contributed by atoms with Crippen LogP contribution in [0.2, 0.25) is 0 Å². The van der Waals surface area contributed by atoms with Gasteiger partial charge in [0.05, 0.1) is 18.7 Å². The number of hydrogen-bond donors (Lipinski definition) is 1. The lowest BCUT2D eigenvalue weighted by atomic mass is 9.95. The zero-order valence-corrected chi connectivity index (χ0v) is 23.2. The van der Waals surface area contributed by atoms with Crippen LogP contribution in [-0.2, 0) is 33.8 Å². The van der Waals surface area contributed by atoms with Crippen LogP contribution >= 0.6 is 0 Å². The molecule has 8 nitrogen and oxygen atoms in total. The number of amides is 2. The molecule has 2 aromatic carbocycles. The van der Waals surface area contributed by atoms with Crippen molar-refractivity contribution < 1.29 is 24.2 Å². The minimum atomic E-state index is -0.569. The van der Waals surface area contributed by atoms with Gasteiger partial charge >= 0.3 is 5.97 Å². The highest BCUT2D eigenvalue weighted by Gasteiger charge is 2.40. The predicted octanol–water partition coefficient (Wildman–Crippen LogP) is 4.64. The molecule has 1 saturated heterocycles. The summed E-state index contributed by atoms with van der Waals surface area (Å²) in [4.78, 5) is 42.6. The van der Waals surface area contributed by atoms with Crippen LogP contribution in [0, 0.1) is 0 Å². The molecule has 0 saturated carbocycles. The summed E-state index contributed by atoms with van der Waals surface area (Å²) in [5.74, 6) is -0.152. The largest absolute Gasteiger partial charge is 0.508 e. The van der Waals surface area contributed by atoms with Gasteiger partial charge in [0.15, 0.2) is 0 Å². The summed E-state index contributed by atoms with van der Waals surface area (Å²) in [6.45, 7) is 9.12. The molecule has 0 spiro atoms. The van der Waals surface area contributed by atoms with Gasteiger partial charge in [0.25, 0.3) is 0 Å². The van der Waals surface area contributed by atoms with Crippen molar-refractivity contribution in [3.63, 3.8) is 0 Å². The second kappa shape index (κ2) is 10.4. The molecule has 206 valence electrons. The molecular weight excluding hydrogens is 494 g/mol. The van der Waals surface area contributed by atoms with Gasteiger partial charge in [0, 0.05) is 29.7 Å². The predicted molar refractivity (Wildman–Crippen MR) is 148 cm³/mol. The second-order valence-electron chi connectivity index (χ2n) is 11.6. The number of piperazine rings is 1. The first-order valence-corrected chi connectivity index (χ1v) is 13.8. The quantitative estimate of drug-likeness (QED) is 0.485. The summed E-state index contributed by atoms with van der Waals surface area (Å²) >= 11 is 0. The molecule has 2 amide bonds. The van der Waals surface area contributed by atoms with E-state index in [0.717, 1.165) is 47.0 Å². The van der Waals surface area contributed by atoms with Crippen LogP contribution in [0.5, 0.6) is 5.75 Å². The topological polar surface area (TPSA) is 92.1 Å². The van der Waals surface area contributed by atoms with Crippen molar-refractivity contribution in [2.75, 3.05) is 13.1 Å². The average molecular weight is 532 g/mol. The van der Waals surface area contributed by atoms with E-state index in [0.29, 0.717) is 31.6 Å². The number of fused-ring (bicyclic) bond motifs is 4. The Morgan fingerprint density at radius 1 is 1.08 bits per heavy atom. The number of carbonyl (C=O) groups excluding carboxylic acids is 3. The maximum Gasteiger partial charge on any atom is 0.338 e. The highest BCUT2D eigenvalue weighted by molar-refractivity contribution is 5.95. The zero-order chi connectivity index (χ0) is 27.9. The van der Waals surface area contributed by atoms with Gasteiger partial charge in [-0.05, 0) is 87.9 Å². The fourth-order valence-corrected chi connectivity index (χ4v) is 5.79. The van der Waals surface area contributed by atoms with Crippen molar-refractivity contribution in [3.8, 4) is 5.75 Å². The van der Waals surface area contributed by atoms with Crippen LogP contribution in [0.15, 0.2) is 42.5 Å². The Bertz CT molecular complexity index is 1420. The Kier molecular flexibility index (Phi) is 7.14. The molecule has 1 atom stereocenters. The van der Waals surface area contributed by atoms with E-state index in [-0.39, 0.29) is 30.1 Å². The lowest BCUT2D eigenvalue weighted by molar-refractivity contribution is -0.157. The molecule has 2 aliphatic rings. The molecule has 0 radical (unpaired) electrons. The fourth-order valence-electron chi connectivity index (χ4n) is 5.79. The van der Waals surface area contributed by atoms with Gasteiger partial charge in [-0.3, -0.25) is 9.59 Å². The normalized spacial score (nSPS) is 18.0. The summed E-state index contributed by atoms with van der Waals surface area (Å²) in [5.41, 5.74) is 3.98. The van der Waals surface area contributed by atoms with Gasteiger partial charge < -0.3 is 24.2 Å². The van der Waals surface area contributed by atoms with Crippen molar-refractivity contribution in [2.24, 2.45) is 0 Å². The number of phenols is 1. The Balaban J connectivity index is 1.51. The van der Waals surface area contributed by atoms with Crippen LogP contribution in [0.1, 0.15) is 74.1 Å². The Labute approximate surface area is 229 Å². The first kappa shape index (κ1) is 26.8. The molecule has 39 heavy (non-hydrogen) atoms. The van der Waals surface area contributed by atoms with E-state index in [1.807, 2.05) is 45.9 Å². The number of ether oxygens (including phenoxy) is 1. The molecule has 1 aromatic heterocycles. The summed E-state index contributed by atoms with van der Waals surface area (Å²) in [6, 6.07) is 12.3. The summed E-state index contributed by atoms with van der Waals surface area (Å²) in [7, 11) is 0. The minimum Gasteiger partial charge on any atom is -0.508 e. The number of esters is 1. The van der Waals surface area contributed by atoms with Crippen molar-refractivity contribution in [2.45, 2.75) is 78.1 Å². The highest BCUT2D eigenvalue weighted by Crippen LogP contribution is 2.35. The number of carbonyl (C=O) groups is 3. The lowest BCUT2D eigenvalue weighted by Crippen LogP contribution is -2.60. The third kappa shape index (κ3) is 5.37. The fraction of sp³-hybridized carbons (Fsp3) is 0.452. The van der Waals surface area contributed by atoms with Gasteiger partial charge in [0.1, 0.15) is 17.4 Å². The third-order valence-corrected chi connectivity index (χ3v) is 7.54. The van der Waals surface area contributed by atoms with E-state index in [9.17, 15) is 19.5 Å². The maximum atomic E-state index is 13.3. The minimum absolute atomic E-state index is 0.0257. The molecule has 3 aromatic rings. The van der Waals surface area contributed by atoms with Crippen molar-refractivity contribution in [1.29, 1.82) is 0 Å². The monoisotopic (exact) mass is 531 g/mol. The molecule has 1 N–H and O–H groups in total. The van der Waals surface area contributed by atoms with Gasteiger partial charge in [-0.2, -0.15) is 0 Å². The van der Waals surface area contributed by atoms with Crippen LogP contribution in [0.25, 0.3) is 10.9 Å². The van der Waals surface area contributed by atoms with E-state index in [4.69, 9.17) is 4.74 Å². The molecule has 8 heteroatoms. The van der Waals surface area contributed by atoms with Gasteiger partial charge in [-0.15, -0.1) is 0 Å². The van der Waals surface area contributed by atoms with Crippen molar-refractivity contribution in [1.82, 2.24) is 14.4 Å². The van der Waals surface area contributed by atoms with Crippen LogP contribution < -0.4 is 0 Å². The van der Waals surface area contributed by atoms with E-state index in [1.54, 1.807) is 34.1 Å². The van der Waals surface area contributed by atoms with Crippen molar-refractivity contribution >= 4 is 28.7 Å². The standard InChI is InChI=1S/C31H37N3O5/c1-5-15-32-19-28(36)34-18-27-23(7-6-8-26(34)29(32)37)24-16-22(35)13-14-25(24)33(27)17-20-9-11-21(12-10-20)30(38)39-31(2,3)4/h9-14,16,26,35H,5-8,15,17-19H2,1-4H3. The molecule has 3 heterocycles. The number of phenolic OH excluding ortho intramolecular Hbond substituents is 1. The molecular formula is C31H37N3O5. The van der Waals surface area contributed by atoms with Gasteiger partial charge in [-0.1, -0.05) is 19.1 Å². The van der Waals surface area contributed by atoms with E-state index >= 15 is 0 Å². The number of benzene rings is 2. The number of hydrogen-bond acceptors (Lipinski definition) is 5. The number of aromatic nitrogens is 1. The van der Waals surface area contributed by atoms with Gasteiger partial charge in [-0.25, -0.2) is 4.79 Å². The molecule has 1 unspecified atom stereocenters. The third-order valence-electron chi connectivity index (χ3n) is 7.54. The van der Waals surface area contributed by atoms with Crippen molar-refractivity contribution in [3.05, 3.63) is 64.8 Å². The van der Waals surface area contributed by atoms with Crippen LogP contribution in [-0.4, -0.2) is 62.0 Å². The second-order valence-corrected chi connectivity index (χ2v) is 11.6. The number of nitrogens with zero attached hydrogens (tertiary/aromatic N) is 3. The average Bonchev–Trinajstić information content (AvgIpc) is 3.12. The number of rotatable bonds is 5. The number of aromatic hydroxyl groups is 1. The van der Waals surface area contributed by atoms with E-state index < -0.39 is 11.6 Å². The smallest absolute Gasteiger partial charge is 0.338 e. The SMILES string of the molecule is CCCN1CC(=O)N2Cc3c(c4cc(O)ccc4n3Cc3ccc(C(=O)OC(C)(C)C)cc3)CCCC2C1=O. The number of aryl methyl sites for hydroxylation is 1. The van der Waals surface area contributed by atoms with Crippen LogP contribution in [0.4, 0.5) is 0 Å². The molecule has 1 fully saturated rings. The molecule has 0 bridgehead atoms. The zero-order valence-electron chi connectivity index (χ0n) is 23.2. The Morgan fingerprint density at radius 3 is 2.51 bits per heavy atom. The summed E-state index contributed by atoms with van der Waals surface area (Å²) in [6.07, 6.45) is 2.98. The highest BCUT2D eigenvalue weighted by atomic mass is 16.6. The Hall–Kier alpha value is -3.81. The van der Waals surface area contributed by atoms with E-state index in [2.05, 4.69) is 4.57 Å². The first-order chi connectivity index (χ1) is 18.6. The Morgan fingerprint density at radius 2 is 1.82 bits per heavy atom. The summed E-state index contributed by atoms with van der Waals surface area (Å²) < 4.78 is 7.68. The van der Waals surface area contributed by atoms with E-state index in [1.165, 1.54) is 0 Å². The van der Waals surface area contributed by atoms with Crippen LogP contribution in [0.3, 0.4) is 0 Å². The lowest BCUT2D eigenvalue weighted by Gasteiger charge is -2.41. The maximum absolute atomic E-state index is 13.3. The first-order valence-electron chi connectivity index (χ1n) is 13.8. The molecule has 2 aliphatic heterocycles.